The number of hydrogen-bond acceptors (Lipinski definition) is 2. The van der Waals surface area contributed by atoms with Crippen molar-refractivity contribution in [1.29, 1.82) is 0 Å². The van der Waals surface area contributed by atoms with E-state index in [1.54, 1.807) is 0 Å². The maximum absolute atomic E-state index is 6.94. The molecule has 3 heteroatoms. The van der Waals surface area contributed by atoms with Crippen LogP contribution in [0, 0.1) is 0 Å². The highest BCUT2D eigenvalue weighted by Crippen LogP contribution is 2.40. The normalized spacial score (nSPS) is 18.0. The van der Waals surface area contributed by atoms with E-state index >= 15 is 0 Å². The van der Waals surface area contributed by atoms with Crippen molar-refractivity contribution in [3.05, 3.63) is 108 Å². The standard InChI is InChI=1S/C24H26O2Si/c1-4-12-20(13-5-1)24(21-14-6-2-7-15-21,22-16-8-3-9-17-22)26-27-23-18-10-11-19-25-23/h1-9,12-17,23H,10-11,18-19,27H2. The molecule has 0 radical (unpaired) electrons. The average molecular weight is 375 g/mol. The summed E-state index contributed by atoms with van der Waals surface area (Å²) < 4.78 is 13.0. The van der Waals surface area contributed by atoms with E-state index in [9.17, 15) is 0 Å². The van der Waals surface area contributed by atoms with Crippen LogP contribution in [0.3, 0.4) is 0 Å². The fraction of sp³-hybridized carbons (Fsp3) is 0.250. The van der Waals surface area contributed by atoms with Gasteiger partial charge in [-0.15, -0.1) is 0 Å². The van der Waals surface area contributed by atoms with Crippen LogP contribution in [-0.2, 0) is 14.8 Å². The van der Waals surface area contributed by atoms with Gasteiger partial charge in [0.25, 0.3) is 0 Å². The lowest BCUT2D eigenvalue weighted by molar-refractivity contribution is 0.0442. The maximum Gasteiger partial charge on any atom is 0.192 e. The molecular formula is C24H26O2Si. The fourth-order valence-corrected chi connectivity index (χ4v) is 5.58. The molecular weight excluding hydrogens is 348 g/mol. The maximum atomic E-state index is 6.94. The number of benzene rings is 3. The smallest absolute Gasteiger partial charge is 0.192 e. The Balaban J connectivity index is 1.81. The zero-order valence-corrected chi connectivity index (χ0v) is 17.0. The van der Waals surface area contributed by atoms with Crippen LogP contribution in [0.1, 0.15) is 36.0 Å². The minimum absolute atomic E-state index is 0.300. The van der Waals surface area contributed by atoms with E-state index in [0.717, 1.165) is 13.0 Å². The van der Waals surface area contributed by atoms with E-state index in [-0.39, 0.29) is 0 Å². The SMILES string of the molecule is c1ccc(C(O[SiH2]C2CCCCO2)(c2ccccc2)c2ccccc2)cc1. The highest BCUT2D eigenvalue weighted by molar-refractivity contribution is 6.29. The van der Waals surface area contributed by atoms with Crippen LogP contribution >= 0.6 is 0 Å². The Morgan fingerprint density at radius 1 is 0.704 bits per heavy atom. The van der Waals surface area contributed by atoms with Crippen molar-refractivity contribution in [3.63, 3.8) is 0 Å². The molecule has 3 aromatic rings. The van der Waals surface area contributed by atoms with Crippen molar-refractivity contribution in [1.82, 2.24) is 0 Å². The Labute approximate surface area is 164 Å². The van der Waals surface area contributed by atoms with Crippen molar-refractivity contribution in [2.24, 2.45) is 0 Å². The minimum atomic E-state index is -0.892. The Bertz CT molecular complexity index is 718. The van der Waals surface area contributed by atoms with Crippen LogP contribution in [0.2, 0.25) is 0 Å². The number of ether oxygens (including phenoxy) is 1. The molecule has 4 rings (SSSR count). The molecule has 1 atom stereocenters. The molecule has 1 fully saturated rings. The van der Waals surface area contributed by atoms with Gasteiger partial charge in [-0.25, -0.2) is 0 Å². The first-order chi connectivity index (χ1) is 13.4. The van der Waals surface area contributed by atoms with Crippen LogP contribution in [0.15, 0.2) is 91.0 Å². The summed E-state index contributed by atoms with van der Waals surface area (Å²) in [6, 6.07) is 31.8. The van der Waals surface area contributed by atoms with Crippen molar-refractivity contribution < 1.29 is 9.16 Å². The van der Waals surface area contributed by atoms with E-state index in [1.165, 1.54) is 29.5 Å². The summed E-state index contributed by atoms with van der Waals surface area (Å²) in [6.45, 7) is 0.871. The van der Waals surface area contributed by atoms with Crippen molar-refractivity contribution in [2.45, 2.75) is 30.6 Å². The van der Waals surface area contributed by atoms with Gasteiger partial charge in [0, 0.05) is 6.61 Å². The first-order valence-electron chi connectivity index (χ1n) is 9.82. The van der Waals surface area contributed by atoms with Gasteiger partial charge in [0.15, 0.2) is 9.76 Å². The van der Waals surface area contributed by atoms with Gasteiger partial charge in [0.2, 0.25) is 0 Å². The zero-order chi connectivity index (χ0) is 18.4. The minimum Gasteiger partial charge on any atom is -0.404 e. The van der Waals surface area contributed by atoms with Gasteiger partial charge in [0.1, 0.15) is 5.60 Å². The largest absolute Gasteiger partial charge is 0.404 e. The van der Waals surface area contributed by atoms with Crippen molar-refractivity contribution in [3.8, 4) is 0 Å². The summed E-state index contributed by atoms with van der Waals surface area (Å²) in [5.41, 5.74) is 3.23. The van der Waals surface area contributed by atoms with Crippen LogP contribution in [0.4, 0.5) is 0 Å². The second-order valence-electron chi connectivity index (χ2n) is 7.08. The fourth-order valence-electron chi connectivity index (χ4n) is 3.93. The lowest BCUT2D eigenvalue weighted by Crippen LogP contribution is -2.39. The Morgan fingerprint density at radius 2 is 1.19 bits per heavy atom. The van der Waals surface area contributed by atoms with Crippen LogP contribution in [0.5, 0.6) is 0 Å². The zero-order valence-electron chi connectivity index (χ0n) is 15.6. The van der Waals surface area contributed by atoms with E-state index in [1.807, 2.05) is 0 Å². The van der Waals surface area contributed by atoms with E-state index in [0.29, 0.717) is 5.73 Å². The Morgan fingerprint density at radius 3 is 1.59 bits per heavy atom. The quantitative estimate of drug-likeness (QED) is 0.463. The predicted octanol–water partition coefficient (Wildman–Crippen LogP) is 4.61. The molecule has 138 valence electrons. The van der Waals surface area contributed by atoms with E-state index < -0.39 is 15.4 Å². The first-order valence-corrected chi connectivity index (χ1v) is 11.2. The second-order valence-corrected chi connectivity index (χ2v) is 8.61. The summed E-state index contributed by atoms with van der Waals surface area (Å²) in [7, 11) is -0.892. The van der Waals surface area contributed by atoms with Gasteiger partial charge in [-0.2, -0.15) is 0 Å². The summed E-state index contributed by atoms with van der Waals surface area (Å²) in [5, 5.41) is 0. The van der Waals surface area contributed by atoms with Crippen LogP contribution in [-0.4, -0.2) is 22.1 Å². The molecule has 0 N–H and O–H groups in total. The summed E-state index contributed by atoms with van der Waals surface area (Å²) in [6.07, 6.45) is 3.54. The average Bonchev–Trinajstić information content (AvgIpc) is 2.77. The summed E-state index contributed by atoms with van der Waals surface area (Å²) >= 11 is 0. The highest BCUT2D eigenvalue weighted by atomic mass is 28.2. The van der Waals surface area contributed by atoms with Crippen LogP contribution in [0.25, 0.3) is 0 Å². The Kier molecular flexibility index (Phi) is 5.83. The third kappa shape index (κ3) is 3.91. The first kappa shape index (κ1) is 18.2. The molecule has 3 aromatic carbocycles. The second kappa shape index (κ2) is 8.66. The molecule has 27 heavy (non-hydrogen) atoms. The molecule has 2 nitrogen and oxygen atoms in total. The van der Waals surface area contributed by atoms with E-state index in [2.05, 4.69) is 91.0 Å². The lowest BCUT2D eigenvalue weighted by atomic mass is 9.80. The van der Waals surface area contributed by atoms with Gasteiger partial charge >= 0.3 is 0 Å². The highest BCUT2D eigenvalue weighted by Gasteiger charge is 2.37. The topological polar surface area (TPSA) is 18.5 Å². The molecule has 1 aliphatic heterocycles. The van der Waals surface area contributed by atoms with E-state index in [4.69, 9.17) is 9.16 Å². The lowest BCUT2D eigenvalue weighted by Gasteiger charge is -2.38. The molecule has 1 heterocycles. The van der Waals surface area contributed by atoms with Gasteiger partial charge in [-0.05, 0) is 36.0 Å². The van der Waals surface area contributed by atoms with Gasteiger partial charge < -0.3 is 9.16 Å². The van der Waals surface area contributed by atoms with Gasteiger partial charge in [-0.1, -0.05) is 91.0 Å². The molecule has 0 aliphatic carbocycles. The Hall–Kier alpha value is -2.20. The molecule has 0 amide bonds. The number of hydrogen-bond donors (Lipinski definition) is 0. The molecule has 1 saturated heterocycles. The molecule has 1 aliphatic rings. The van der Waals surface area contributed by atoms with Crippen molar-refractivity contribution >= 4 is 9.76 Å². The van der Waals surface area contributed by atoms with Crippen molar-refractivity contribution in [2.75, 3.05) is 6.61 Å². The third-order valence-corrected chi connectivity index (χ3v) is 6.92. The molecule has 0 aromatic heterocycles. The number of rotatable bonds is 6. The summed E-state index contributed by atoms with van der Waals surface area (Å²) in [5.74, 6) is 0. The third-order valence-electron chi connectivity index (χ3n) is 5.30. The van der Waals surface area contributed by atoms with Gasteiger partial charge in [-0.3, -0.25) is 0 Å². The predicted molar refractivity (Wildman–Crippen MR) is 112 cm³/mol. The molecule has 0 spiro atoms. The van der Waals surface area contributed by atoms with Crippen LogP contribution < -0.4 is 0 Å². The summed E-state index contributed by atoms with van der Waals surface area (Å²) in [4.78, 5) is 0. The van der Waals surface area contributed by atoms with Gasteiger partial charge in [0.05, 0.1) is 5.73 Å². The monoisotopic (exact) mass is 374 g/mol. The molecule has 0 saturated carbocycles. The molecule has 1 unspecified atom stereocenters. The molecule has 0 bridgehead atoms.